The molecule has 10 heteroatoms. The molecule has 1 atom stereocenters. The minimum atomic E-state index is -1.16. The predicted molar refractivity (Wildman–Crippen MR) is 139 cm³/mol. The molecule has 0 aliphatic carbocycles. The van der Waals surface area contributed by atoms with E-state index in [2.05, 4.69) is 31.3 Å². The number of carboxylic acids is 1. The summed E-state index contributed by atoms with van der Waals surface area (Å²) in [4.78, 5) is 42.1. The third-order valence-corrected chi connectivity index (χ3v) is 7.39. The van der Waals surface area contributed by atoms with E-state index in [4.69, 9.17) is 0 Å². The van der Waals surface area contributed by atoms with Crippen LogP contribution >= 0.6 is 11.9 Å². The lowest BCUT2D eigenvalue weighted by Crippen LogP contribution is -2.56. The fourth-order valence-corrected chi connectivity index (χ4v) is 5.29. The van der Waals surface area contributed by atoms with Crippen LogP contribution in [0.3, 0.4) is 0 Å². The molecule has 1 saturated heterocycles. The van der Waals surface area contributed by atoms with E-state index < -0.39 is 12.0 Å². The third-order valence-electron chi connectivity index (χ3n) is 6.35. The van der Waals surface area contributed by atoms with Crippen molar-refractivity contribution in [3.05, 3.63) is 53.7 Å². The summed E-state index contributed by atoms with van der Waals surface area (Å²) in [5.41, 5.74) is 2.26. The van der Waals surface area contributed by atoms with Crippen LogP contribution in [0.15, 0.2) is 47.4 Å². The highest BCUT2D eigenvalue weighted by atomic mass is 32.2. The number of pyridine rings is 1. The van der Waals surface area contributed by atoms with E-state index in [1.54, 1.807) is 11.9 Å². The van der Waals surface area contributed by atoms with Gasteiger partial charge in [0.05, 0.1) is 5.92 Å². The molecule has 0 bridgehead atoms. The molecule has 1 aromatic heterocycles. The molecule has 9 nitrogen and oxygen atoms in total. The standard InChI is InChI=1S/C26H33N5O4S/c32-23(11-5-4-8-20-13-12-18-7-6-14-27-24(18)29-20)28-15-22(26(34)35)30-25(33)19-16-31(17-19)36-21-9-2-1-3-10-21/h1-3,9-10,12-13,19,22H,4-8,11,14-17H2,(H,27,29)(H,28,32)(H,30,33)(H,34,35). The van der Waals surface area contributed by atoms with Crippen molar-refractivity contribution in [2.45, 2.75) is 49.5 Å². The van der Waals surface area contributed by atoms with Crippen molar-refractivity contribution in [3.8, 4) is 0 Å². The molecule has 1 fully saturated rings. The average Bonchev–Trinajstić information content (AvgIpc) is 2.86. The predicted octanol–water partition coefficient (Wildman–Crippen LogP) is 2.48. The molecule has 2 aliphatic heterocycles. The molecule has 4 rings (SSSR count). The lowest BCUT2D eigenvalue weighted by Gasteiger charge is -2.37. The van der Waals surface area contributed by atoms with Crippen LogP contribution in [0.4, 0.5) is 5.82 Å². The molecule has 192 valence electrons. The fourth-order valence-electron chi connectivity index (χ4n) is 4.20. The maximum Gasteiger partial charge on any atom is 0.328 e. The second-order valence-electron chi connectivity index (χ2n) is 9.20. The molecule has 0 saturated carbocycles. The Morgan fingerprint density at radius 3 is 2.72 bits per heavy atom. The Morgan fingerprint density at radius 2 is 1.94 bits per heavy atom. The Bertz CT molecular complexity index is 1060. The smallest absolute Gasteiger partial charge is 0.328 e. The second kappa shape index (κ2) is 12.7. The maximum atomic E-state index is 12.5. The number of nitrogens with one attached hydrogen (secondary N) is 3. The highest BCUT2D eigenvalue weighted by Crippen LogP contribution is 2.30. The van der Waals surface area contributed by atoms with Gasteiger partial charge in [0.25, 0.3) is 0 Å². The first kappa shape index (κ1) is 26.0. The number of fused-ring (bicyclic) bond motifs is 1. The molecule has 1 unspecified atom stereocenters. The molecular weight excluding hydrogens is 478 g/mol. The van der Waals surface area contributed by atoms with Gasteiger partial charge in [-0.2, -0.15) is 0 Å². The van der Waals surface area contributed by atoms with Gasteiger partial charge in [-0.05, 0) is 67.8 Å². The van der Waals surface area contributed by atoms with Crippen molar-refractivity contribution < 1.29 is 19.5 Å². The second-order valence-corrected chi connectivity index (χ2v) is 10.4. The number of aryl methyl sites for hydroxylation is 2. The number of aromatic nitrogens is 1. The lowest BCUT2D eigenvalue weighted by atomic mass is 10.0. The first-order valence-corrected chi connectivity index (χ1v) is 13.3. The van der Waals surface area contributed by atoms with Crippen molar-refractivity contribution in [2.24, 2.45) is 5.92 Å². The van der Waals surface area contributed by atoms with Gasteiger partial charge in [-0.1, -0.05) is 24.3 Å². The first-order valence-electron chi connectivity index (χ1n) is 12.5. The van der Waals surface area contributed by atoms with E-state index in [9.17, 15) is 19.5 Å². The van der Waals surface area contributed by atoms with Crippen LogP contribution < -0.4 is 16.0 Å². The van der Waals surface area contributed by atoms with Gasteiger partial charge in [0.1, 0.15) is 11.9 Å². The van der Waals surface area contributed by atoms with Crippen LogP contribution in [0.1, 0.15) is 36.9 Å². The van der Waals surface area contributed by atoms with E-state index in [-0.39, 0.29) is 24.3 Å². The zero-order valence-corrected chi connectivity index (χ0v) is 21.1. The van der Waals surface area contributed by atoms with Crippen LogP contribution in [0.5, 0.6) is 0 Å². The van der Waals surface area contributed by atoms with Crippen molar-refractivity contribution in [1.29, 1.82) is 0 Å². The molecular formula is C26H33N5O4S. The van der Waals surface area contributed by atoms with Crippen molar-refractivity contribution in [1.82, 2.24) is 19.9 Å². The summed E-state index contributed by atoms with van der Waals surface area (Å²) >= 11 is 1.58. The quantitative estimate of drug-likeness (QED) is 0.253. The SMILES string of the molecule is O=C(CCCCc1ccc2c(n1)NCCC2)NCC(NC(=O)C1CN(Sc2ccccc2)C1)C(=O)O. The number of rotatable bonds is 12. The van der Waals surface area contributed by atoms with Crippen LogP contribution in [0, 0.1) is 5.92 Å². The van der Waals surface area contributed by atoms with E-state index in [1.807, 2.05) is 36.4 Å². The van der Waals surface area contributed by atoms with Gasteiger partial charge >= 0.3 is 5.97 Å². The molecule has 0 radical (unpaired) electrons. The number of carbonyl (C=O) groups excluding carboxylic acids is 2. The Labute approximate surface area is 215 Å². The Hall–Kier alpha value is -3.11. The number of unbranched alkanes of at least 4 members (excludes halogenated alkanes) is 1. The third kappa shape index (κ3) is 7.44. The summed E-state index contributed by atoms with van der Waals surface area (Å²) in [6.45, 7) is 1.93. The lowest BCUT2D eigenvalue weighted by molar-refractivity contribution is -0.143. The summed E-state index contributed by atoms with van der Waals surface area (Å²) in [6, 6.07) is 12.9. The normalized spacial score (nSPS) is 16.2. The molecule has 4 N–H and O–H groups in total. The van der Waals surface area contributed by atoms with Gasteiger partial charge in [0, 0.05) is 43.2 Å². The van der Waals surface area contributed by atoms with Gasteiger partial charge < -0.3 is 21.1 Å². The summed E-state index contributed by atoms with van der Waals surface area (Å²) < 4.78 is 2.06. The topological polar surface area (TPSA) is 124 Å². The molecule has 0 spiro atoms. The van der Waals surface area contributed by atoms with Crippen LogP contribution in [0.2, 0.25) is 0 Å². The Kier molecular flexibility index (Phi) is 9.18. The molecule has 1 aromatic carbocycles. The number of hydrogen-bond acceptors (Lipinski definition) is 7. The van der Waals surface area contributed by atoms with E-state index >= 15 is 0 Å². The summed E-state index contributed by atoms with van der Waals surface area (Å²) in [5.74, 6) is -0.960. The summed E-state index contributed by atoms with van der Waals surface area (Å²) in [7, 11) is 0. The highest BCUT2D eigenvalue weighted by Gasteiger charge is 2.35. The fraction of sp³-hybridized carbons (Fsp3) is 0.462. The Balaban J connectivity index is 1.11. The zero-order valence-electron chi connectivity index (χ0n) is 20.2. The van der Waals surface area contributed by atoms with E-state index in [1.165, 1.54) is 5.56 Å². The molecule has 2 amide bonds. The number of nitrogens with zero attached hydrogens (tertiary/aromatic N) is 2. The van der Waals surface area contributed by atoms with Gasteiger partial charge in [-0.3, -0.25) is 9.59 Å². The van der Waals surface area contributed by atoms with Gasteiger partial charge in [0.2, 0.25) is 11.8 Å². The number of carboxylic acid groups (broad SMARTS) is 1. The number of hydrogen-bond donors (Lipinski definition) is 4. The number of carbonyl (C=O) groups is 3. The molecule has 2 aliphatic rings. The van der Waals surface area contributed by atoms with Crippen LogP contribution in [0.25, 0.3) is 0 Å². The highest BCUT2D eigenvalue weighted by molar-refractivity contribution is 7.97. The molecule has 36 heavy (non-hydrogen) atoms. The van der Waals surface area contributed by atoms with Crippen LogP contribution in [-0.4, -0.2) is 64.4 Å². The van der Waals surface area contributed by atoms with Crippen molar-refractivity contribution in [2.75, 3.05) is 31.5 Å². The molecule has 2 aromatic rings. The first-order chi connectivity index (χ1) is 17.5. The van der Waals surface area contributed by atoms with Crippen molar-refractivity contribution >= 4 is 35.5 Å². The largest absolute Gasteiger partial charge is 0.480 e. The van der Waals surface area contributed by atoms with E-state index in [0.29, 0.717) is 25.9 Å². The zero-order chi connectivity index (χ0) is 25.3. The molecule has 3 heterocycles. The number of amides is 2. The number of aliphatic carboxylic acids is 1. The van der Waals surface area contributed by atoms with Gasteiger partial charge in [-0.15, -0.1) is 0 Å². The van der Waals surface area contributed by atoms with Crippen LogP contribution in [-0.2, 0) is 27.2 Å². The summed E-state index contributed by atoms with van der Waals surface area (Å²) in [5, 5.41) is 18.0. The van der Waals surface area contributed by atoms with Gasteiger partial charge in [0.15, 0.2) is 0 Å². The average molecular weight is 512 g/mol. The Morgan fingerprint density at radius 1 is 1.14 bits per heavy atom. The number of benzene rings is 1. The minimum absolute atomic E-state index is 0.132. The van der Waals surface area contributed by atoms with Gasteiger partial charge in [-0.25, -0.2) is 14.1 Å². The maximum absolute atomic E-state index is 12.5. The summed E-state index contributed by atoms with van der Waals surface area (Å²) in [6.07, 6.45) is 4.77. The van der Waals surface area contributed by atoms with E-state index in [0.717, 1.165) is 48.6 Å². The monoisotopic (exact) mass is 511 g/mol. The number of anilines is 1. The minimum Gasteiger partial charge on any atom is -0.480 e. The van der Waals surface area contributed by atoms with Crippen molar-refractivity contribution in [3.63, 3.8) is 0 Å².